The van der Waals surface area contributed by atoms with E-state index in [1.165, 1.54) is 9.80 Å². The lowest BCUT2D eigenvalue weighted by Gasteiger charge is -2.34. The fourth-order valence-electron chi connectivity index (χ4n) is 3.42. The van der Waals surface area contributed by atoms with Crippen molar-refractivity contribution in [1.29, 1.82) is 0 Å². The number of rotatable bonds is 4. The van der Waals surface area contributed by atoms with Crippen molar-refractivity contribution in [3.63, 3.8) is 0 Å². The second-order valence-electron chi connectivity index (χ2n) is 11.1. The van der Waals surface area contributed by atoms with Crippen molar-refractivity contribution < 1.29 is 53.0 Å². The average molecular weight is 595 g/mol. The highest BCUT2D eigenvalue weighted by Crippen LogP contribution is 2.22. The number of ether oxygens (including phenoxy) is 2. The monoisotopic (exact) mass is 594 g/mol. The molecular weight excluding hydrogens is 554 g/mol. The molecule has 0 saturated carbocycles. The van der Waals surface area contributed by atoms with Gasteiger partial charge in [-0.3, -0.25) is 8.37 Å². The second-order valence-corrected chi connectivity index (χ2v) is 14.3. The molecule has 0 aromatic carbocycles. The molecule has 2 aliphatic rings. The van der Waals surface area contributed by atoms with Crippen molar-refractivity contribution in [2.75, 3.05) is 38.7 Å². The Balaban J connectivity index is 0.000000380. The predicted octanol–water partition coefficient (Wildman–Crippen LogP) is 2.62. The highest BCUT2D eigenvalue weighted by molar-refractivity contribution is 7.86. The maximum Gasteiger partial charge on any atom is 0.410 e. The third-order valence-electron chi connectivity index (χ3n) is 4.86. The van der Waals surface area contributed by atoms with Gasteiger partial charge < -0.3 is 19.3 Å². The van der Waals surface area contributed by atoms with Crippen LogP contribution in [-0.4, -0.2) is 113 Å². The summed E-state index contributed by atoms with van der Waals surface area (Å²) in [6, 6.07) is 0. The Morgan fingerprint density at radius 2 is 0.974 bits per heavy atom. The van der Waals surface area contributed by atoms with E-state index >= 15 is 0 Å². The number of likely N-dealkylation sites (tertiary alicyclic amines) is 2. The molecule has 38 heavy (non-hydrogen) atoms. The Morgan fingerprint density at radius 1 is 0.684 bits per heavy atom. The van der Waals surface area contributed by atoms with E-state index in [2.05, 4.69) is 8.37 Å². The molecule has 0 aromatic rings. The normalized spacial score (nSPS) is 25.2. The predicted molar refractivity (Wildman–Crippen MR) is 134 cm³/mol. The van der Waals surface area contributed by atoms with Crippen molar-refractivity contribution in [1.82, 2.24) is 9.80 Å². The van der Waals surface area contributed by atoms with Gasteiger partial charge in [0.2, 0.25) is 0 Å². The van der Waals surface area contributed by atoms with Crippen LogP contribution in [0.4, 0.5) is 18.4 Å². The van der Waals surface area contributed by atoms with Crippen LogP contribution >= 0.6 is 0 Å². The summed E-state index contributed by atoms with van der Waals surface area (Å²) >= 11 is 0. The highest BCUT2D eigenvalue weighted by atomic mass is 32.2. The van der Waals surface area contributed by atoms with Crippen molar-refractivity contribution in [2.45, 2.75) is 90.1 Å². The van der Waals surface area contributed by atoms with Gasteiger partial charge in [0.15, 0.2) is 0 Å². The number of amides is 2. The zero-order valence-electron chi connectivity index (χ0n) is 23.1. The molecule has 2 aliphatic heterocycles. The van der Waals surface area contributed by atoms with Crippen molar-refractivity contribution in [3.8, 4) is 0 Å². The molecule has 224 valence electrons. The maximum absolute atomic E-state index is 13.8. The molecule has 0 unspecified atom stereocenters. The zero-order valence-corrected chi connectivity index (χ0v) is 24.7. The van der Waals surface area contributed by atoms with E-state index in [1.807, 2.05) is 0 Å². The van der Waals surface area contributed by atoms with Crippen LogP contribution < -0.4 is 0 Å². The van der Waals surface area contributed by atoms with E-state index < -0.39 is 68.2 Å². The van der Waals surface area contributed by atoms with E-state index in [1.54, 1.807) is 41.5 Å². The van der Waals surface area contributed by atoms with Gasteiger partial charge in [-0.05, 0) is 54.4 Å². The van der Waals surface area contributed by atoms with Gasteiger partial charge in [-0.25, -0.2) is 18.4 Å². The van der Waals surface area contributed by atoms with Gasteiger partial charge in [0.1, 0.15) is 35.8 Å². The molecule has 2 saturated heterocycles. The lowest BCUT2D eigenvalue weighted by atomic mass is 10.1. The number of hydrogen-bond donors (Lipinski definition) is 0. The Kier molecular flexibility index (Phi) is 11.8. The first-order valence-electron chi connectivity index (χ1n) is 12.0. The molecule has 12 nitrogen and oxygen atoms in total. The van der Waals surface area contributed by atoms with Crippen LogP contribution in [0.2, 0.25) is 0 Å². The Morgan fingerprint density at radius 3 is 1.18 bits per heavy atom. The van der Waals surface area contributed by atoms with Gasteiger partial charge in [0.05, 0.1) is 25.6 Å². The molecular formula is C22H40F2N2O10S2. The van der Waals surface area contributed by atoms with Crippen molar-refractivity contribution in [3.05, 3.63) is 0 Å². The molecule has 0 bridgehead atoms. The maximum atomic E-state index is 13.8. The number of halogens is 2. The summed E-state index contributed by atoms with van der Waals surface area (Å²) in [7, 11) is -7.40. The average Bonchev–Trinajstić information content (AvgIpc) is 2.67. The first-order valence-corrected chi connectivity index (χ1v) is 15.6. The summed E-state index contributed by atoms with van der Waals surface area (Å²) in [4.78, 5) is 25.9. The summed E-state index contributed by atoms with van der Waals surface area (Å²) in [5.41, 5.74) is -1.30. The standard InChI is InChI=1S/2C11H20FNO5S/c2*1-11(2,3)17-10(14)13-6-5-9(8(12)7-13)18-19(4,15)16/h2*8-9H,5-7H2,1-4H3/t2*8-,9-/m10/s1. The Labute approximate surface area is 224 Å². The van der Waals surface area contributed by atoms with Crippen LogP contribution in [0.25, 0.3) is 0 Å². The minimum Gasteiger partial charge on any atom is -0.444 e. The van der Waals surface area contributed by atoms with Crippen LogP contribution in [0.15, 0.2) is 0 Å². The molecule has 2 rings (SSSR count). The van der Waals surface area contributed by atoms with E-state index in [4.69, 9.17) is 9.47 Å². The molecule has 0 aromatic heterocycles. The molecule has 2 heterocycles. The van der Waals surface area contributed by atoms with Gasteiger partial charge in [0.25, 0.3) is 20.2 Å². The zero-order chi connectivity index (χ0) is 29.7. The van der Waals surface area contributed by atoms with Gasteiger partial charge in [-0.2, -0.15) is 16.8 Å². The summed E-state index contributed by atoms with van der Waals surface area (Å²) in [6.45, 7) is 10.3. The minimum atomic E-state index is -3.70. The number of carbonyl (C=O) groups excluding carboxylic acids is 2. The number of carbonyl (C=O) groups is 2. The molecule has 0 aliphatic carbocycles. The number of alkyl halides is 2. The Bertz CT molecular complexity index is 944. The van der Waals surface area contributed by atoms with Gasteiger partial charge >= 0.3 is 12.2 Å². The molecule has 2 amide bonds. The van der Waals surface area contributed by atoms with Gasteiger partial charge in [-0.1, -0.05) is 0 Å². The molecule has 2 fully saturated rings. The summed E-state index contributed by atoms with van der Waals surface area (Å²) in [6.07, 6.45) is -4.38. The topological polar surface area (TPSA) is 146 Å². The van der Waals surface area contributed by atoms with Crippen molar-refractivity contribution in [2.24, 2.45) is 0 Å². The summed E-state index contributed by atoms with van der Waals surface area (Å²) in [5, 5.41) is 0. The van der Waals surface area contributed by atoms with Gasteiger partial charge in [-0.15, -0.1) is 0 Å². The van der Waals surface area contributed by atoms with Crippen LogP contribution in [0.3, 0.4) is 0 Å². The van der Waals surface area contributed by atoms with E-state index in [0.29, 0.717) is 0 Å². The lowest BCUT2D eigenvalue weighted by molar-refractivity contribution is -0.00952. The van der Waals surface area contributed by atoms with Crippen LogP contribution in [0, 0.1) is 0 Å². The molecule has 16 heteroatoms. The lowest BCUT2D eigenvalue weighted by Crippen LogP contribution is -2.49. The summed E-state index contributed by atoms with van der Waals surface area (Å²) < 4.78 is 90.9. The van der Waals surface area contributed by atoms with Crippen LogP contribution in [0.1, 0.15) is 54.4 Å². The smallest absolute Gasteiger partial charge is 0.410 e. The first-order chi connectivity index (χ1) is 17.0. The molecule has 4 atom stereocenters. The third kappa shape index (κ3) is 13.8. The largest absolute Gasteiger partial charge is 0.444 e. The van der Waals surface area contributed by atoms with Crippen LogP contribution in [0.5, 0.6) is 0 Å². The number of piperidine rings is 2. The minimum absolute atomic E-state index is 0.119. The van der Waals surface area contributed by atoms with Crippen molar-refractivity contribution >= 4 is 32.4 Å². The first kappa shape index (κ1) is 34.2. The van der Waals surface area contributed by atoms with Gasteiger partial charge in [0, 0.05) is 13.1 Å². The Hall–Kier alpha value is -1.78. The van der Waals surface area contributed by atoms with E-state index in [-0.39, 0.29) is 39.0 Å². The fourth-order valence-corrected chi connectivity index (χ4v) is 4.75. The fraction of sp³-hybridized carbons (Fsp3) is 0.909. The quantitative estimate of drug-likeness (QED) is 0.445. The number of hydrogen-bond acceptors (Lipinski definition) is 10. The summed E-state index contributed by atoms with van der Waals surface area (Å²) in [5.74, 6) is 0. The van der Waals surface area contributed by atoms with Crippen LogP contribution in [-0.2, 0) is 38.1 Å². The number of nitrogens with zero attached hydrogens (tertiary/aromatic N) is 2. The molecule has 0 radical (unpaired) electrons. The third-order valence-corrected chi connectivity index (χ3v) is 6.06. The second kappa shape index (κ2) is 13.0. The molecule has 0 spiro atoms. The van der Waals surface area contributed by atoms with E-state index in [9.17, 15) is 35.2 Å². The SMILES string of the molecule is CC(C)(C)OC(=O)N1CC[C@@H](OS(C)(=O)=O)[C@H](F)C1.CC(C)(C)OC(=O)N1CC[C@H](OS(C)(=O)=O)[C@@H](F)C1. The molecule has 0 N–H and O–H groups in total. The highest BCUT2D eigenvalue weighted by Gasteiger charge is 2.37. The van der Waals surface area contributed by atoms with E-state index in [0.717, 1.165) is 12.5 Å².